The molecule has 2 rings (SSSR count). The van der Waals surface area contributed by atoms with Crippen LogP contribution in [0, 0.1) is 0 Å². The first-order valence-electron chi connectivity index (χ1n) is 6.91. The van der Waals surface area contributed by atoms with E-state index in [0.717, 1.165) is 23.4 Å². The second-order valence-corrected chi connectivity index (χ2v) is 5.14. The zero-order valence-electron chi connectivity index (χ0n) is 12.4. The fourth-order valence-corrected chi connectivity index (χ4v) is 2.15. The Morgan fingerprint density at radius 1 is 1.30 bits per heavy atom. The molecule has 1 amide bonds. The van der Waals surface area contributed by atoms with Gasteiger partial charge in [0.15, 0.2) is 0 Å². The Morgan fingerprint density at radius 2 is 2.05 bits per heavy atom. The number of amides is 1. The lowest BCUT2D eigenvalue weighted by atomic mass is 10.1. The normalized spacial score (nSPS) is 13.5. The number of fused-ring (bicyclic) bond motifs is 1. The highest BCUT2D eigenvalue weighted by molar-refractivity contribution is 5.69. The lowest BCUT2D eigenvalue weighted by Gasteiger charge is -2.14. The van der Waals surface area contributed by atoms with E-state index in [0.29, 0.717) is 26.3 Å². The molecular formula is C15H22N2O3. The van der Waals surface area contributed by atoms with E-state index in [1.54, 1.807) is 4.90 Å². The largest absolute Gasteiger partial charge is 0.492 e. The molecule has 0 radical (unpaired) electrons. The molecule has 5 heteroatoms. The standard InChI is InChI=1S/C15H22N2O3/c1-4-19-15(18)17-10-12-5-6-14(9-13(12)11-17)20-8-7-16(2)3/h5-6,9H,4,7-8,10-11H2,1-3H3. The van der Waals surface area contributed by atoms with Crippen molar-refractivity contribution in [1.82, 2.24) is 9.80 Å². The first-order valence-corrected chi connectivity index (χ1v) is 6.91. The minimum absolute atomic E-state index is 0.251. The summed E-state index contributed by atoms with van der Waals surface area (Å²) in [5, 5.41) is 0. The molecule has 1 aromatic carbocycles. The second kappa shape index (κ2) is 6.61. The SMILES string of the molecule is CCOC(=O)N1Cc2ccc(OCCN(C)C)cc2C1. The van der Waals surface area contributed by atoms with Gasteiger partial charge in [-0.2, -0.15) is 0 Å². The molecule has 0 saturated carbocycles. The van der Waals surface area contributed by atoms with Gasteiger partial charge in [0.05, 0.1) is 6.61 Å². The number of carbonyl (C=O) groups excluding carboxylic acids is 1. The van der Waals surface area contributed by atoms with Gasteiger partial charge in [0, 0.05) is 19.6 Å². The molecule has 5 nitrogen and oxygen atoms in total. The van der Waals surface area contributed by atoms with E-state index >= 15 is 0 Å². The van der Waals surface area contributed by atoms with Crippen molar-refractivity contribution in [2.75, 3.05) is 33.9 Å². The number of ether oxygens (including phenoxy) is 2. The lowest BCUT2D eigenvalue weighted by Crippen LogP contribution is -2.25. The van der Waals surface area contributed by atoms with E-state index < -0.39 is 0 Å². The summed E-state index contributed by atoms with van der Waals surface area (Å²) in [4.78, 5) is 15.5. The van der Waals surface area contributed by atoms with Crippen molar-refractivity contribution in [2.45, 2.75) is 20.0 Å². The van der Waals surface area contributed by atoms with Gasteiger partial charge in [0.2, 0.25) is 0 Å². The number of carbonyl (C=O) groups is 1. The van der Waals surface area contributed by atoms with Crippen LogP contribution in [-0.4, -0.2) is 49.7 Å². The van der Waals surface area contributed by atoms with Crippen LogP contribution < -0.4 is 4.74 Å². The van der Waals surface area contributed by atoms with E-state index in [1.165, 1.54) is 0 Å². The smallest absolute Gasteiger partial charge is 0.410 e. The maximum absolute atomic E-state index is 11.7. The molecule has 1 heterocycles. The number of hydrogen-bond donors (Lipinski definition) is 0. The van der Waals surface area contributed by atoms with Crippen LogP contribution in [0.2, 0.25) is 0 Å². The highest BCUT2D eigenvalue weighted by atomic mass is 16.6. The van der Waals surface area contributed by atoms with Crippen LogP contribution in [0.15, 0.2) is 18.2 Å². The number of rotatable bonds is 5. The van der Waals surface area contributed by atoms with Crippen molar-refractivity contribution >= 4 is 6.09 Å². The van der Waals surface area contributed by atoms with Crippen LogP contribution in [0.5, 0.6) is 5.75 Å². The molecule has 0 spiro atoms. The van der Waals surface area contributed by atoms with Gasteiger partial charge in [-0.3, -0.25) is 4.90 Å². The Morgan fingerprint density at radius 3 is 2.75 bits per heavy atom. The fourth-order valence-electron chi connectivity index (χ4n) is 2.15. The Kier molecular flexibility index (Phi) is 4.84. The number of benzene rings is 1. The van der Waals surface area contributed by atoms with E-state index in [9.17, 15) is 4.79 Å². The molecule has 1 aliphatic rings. The highest BCUT2D eigenvalue weighted by Crippen LogP contribution is 2.27. The highest BCUT2D eigenvalue weighted by Gasteiger charge is 2.24. The van der Waals surface area contributed by atoms with Gasteiger partial charge in [0.1, 0.15) is 12.4 Å². The molecule has 0 aromatic heterocycles. The summed E-state index contributed by atoms with van der Waals surface area (Å²) < 4.78 is 10.7. The number of nitrogens with zero attached hydrogens (tertiary/aromatic N) is 2. The molecule has 0 bridgehead atoms. The van der Waals surface area contributed by atoms with Gasteiger partial charge in [-0.25, -0.2) is 4.79 Å². The van der Waals surface area contributed by atoms with E-state index in [2.05, 4.69) is 4.90 Å². The molecule has 0 fully saturated rings. The summed E-state index contributed by atoms with van der Waals surface area (Å²) in [6, 6.07) is 6.01. The third-order valence-electron chi connectivity index (χ3n) is 3.23. The van der Waals surface area contributed by atoms with Crippen LogP contribution >= 0.6 is 0 Å². The molecule has 0 saturated heterocycles. The topological polar surface area (TPSA) is 42.0 Å². The molecule has 0 unspecified atom stereocenters. The molecule has 1 aliphatic heterocycles. The Hall–Kier alpha value is -1.75. The van der Waals surface area contributed by atoms with Crippen molar-refractivity contribution in [3.8, 4) is 5.75 Å². The van der Waals surface area contributed by atoms with Gasteiger partial charge in [-0.15, -0.1) is 0 Å². The lowest BCUT2D eigenvalue weighted by molar-refractivity contribution is 0.106. The first kappa shape index (κ1) is 14.7. The van der Waals surface area contributed by atoms with Gasteiger partial charge in [0.25, 0.3) is 0 Å². The van der Waals surface area contributed by atoms with Crippen molar-refractivity contribution < 1.29 is 14.3 Å². The summed E-state index contributed by atoms with van der Waals surface area (Å²) in [7, 11) is 4.03. The predicted octanol–water partition coefficient (Wildman–Crippen LogP) is 2.10. The van der Waals surface area contributed by atoms with E-state index in [4.69, 9.17) is 9.47 Å². The summed E-state index contributed by atoms with van der Waals surface area (Å²) >= 11 is 0. The predicted molar refractivity (Wildman–Crippen MR) is 76.8 cm³/mol. The summed E-state index contributed by atoms with van der Waals surface area (Å²) in [5.41, 5.74) is 2.30. The van der Waals surface area contributed by atoms with Crippen molar-refractivity contribution in [3.05, 3.63) is 29.3 Å². The van der Waals surface area contributed by atoms with Crippen LogP contribution in [0.1, 0.15) is 18.1 Å². The van der Waals surface area contributed by atoms with Crippen molar-refractivity contribution in [3.63, 3.8) is 0 Å². The van der Waals surface area contributed by atoms with Crippen molar-refractivity contribution in [1.29, 1.82) is 0 Å². The summed E-state index contributed by atoms with van der Waals surface area (Å²) in [6.45, 7) is 4.98. The summed E-state index contributed by atoms with van der Waals surface area (Å²) in [6.07, 6.45) is -0.251. The molecule has 110 valence electrons. The van der Waals surface area contributed by atoms with Gasteiger partial charge < -0.3 is 14.4 Å². The van der Waals surface area contributed by atoms with Crippen LogP contribution in [0.4, 0.5) is 4.79 Å². The Balaban J connectivity index is 1.94. The van der Waals surface area contributed by atoms with Gasteiger partial charge in [-0.05, 0) is 44.3 Å². The Labute approximate surface area is 120 Å². The van der Waals surface area contributed by atoms with E-state index in [-0.39, 0.29) is 6.09 Å². The average molecular weight is 278 g/mol. The quantitative estimate of drug-likeness (QED) is 0.827. The number of likely N-dealkylation sites (N-methyl/N-ethyl adjacent to an activating group) is 1. The first-order chi connectivity index (χ1) is 9.60. The van der Waals surface area contributed by atoms with Gasteiger partial charge in [-0.1, -0.05) is 6.07 Å². The third kappa shape index (κ3) is 3.63. The van der Waals surface area contributed by atoms with Crippen LogP contribution in [-0.2, 0) is 17.8 Å². The molecule has 20 heavy (non-hydrogen) atoms. The third-order valence-corrected chi connectivity index (χ3v) is 3.23. The minimum atomic E-state index is -0.251. The molecule has 1 aromatic rings. The van der Waals surface area contributed by atoms with Gasteiger partial charge >= 0.3 is 6.09 Å². The Bertz CT molecular complexity index is 474. The maximum atomic E-state index is 11.7. The summed E-state index contributed by atoms with van der Waals surface area (Å²) in [5.74, 6) is 0.858. The van der Waals surface area contributed by atoms with Crippen LogP contribution in [0.3, 0.4) is 0 Å². The second-order valence-electron chi connectivity index (χ2n) is 5.14. The average Bonchev–Trinajstić information content (AvgIpc) is 2.81. The zero-order valence-corrected chi connectivity index (χ0v) is 12.4. The molecule has 0 aliphatic carbocycles. The molecule has 0 N–H and O–H groups in total. The monoisotopic (exact) mass is 278 g/mol. The van der Waals surface area contributed by atoms with E-state index in [1.807, 2.05) is 39.2 Å². The fraction of sp³-hybridized carbons (Fsp3) is 0.533. The van der Waals surface area contributed by atoms with Crippen LogP contribution in [0.25, 0.3) is 0 Å². The maximum Gasteiger partial charge on any atom is 0.410 e. The number of hydrogen-bond acceptors (Lipinski definition) is 4. The molecule has 0 atom stereocenters. The zero-order chi connectivity index (χ0) is 14.5. The minimum Gasteiger partial charge on any atom is -0.492 e. The molecular weight excluding hydrogens is 256 g/mol. The van der Waals surface area contributed by atoms with Crippen molar-refractivity contribution in [2.24, 2.45) is 0 Å².